The van der Waals surface area contributed by atoms with Crippen molar-refractivity contribution >= 4 is 17.7 Å². The molecular weight excluding hydrogens is 362 g/mol. The Hall–Kier alpha value is -2.57. The molecule has 7 heteroatoms. The number of Topliss-reactive ketones (excluding diaryl/α,β-unsaturated/α-hetero) is 1. The van der Waals surface area contributed by atoms with E-state index in [0.29, 0.717) is 56.0 Å². The van der Waals surface area contributed by atoms with Crippen LogP contribution in [0.1, 0.15) is 50.4 Å². The molecule has 0 unspecified atom stereocenters. The Kier molecular flexibility index (Phi) is 5.91. The molecule has 152 valence electrons. The van der Waals surface area contributed by atoms with Gasteiger partial charge >= 0.3 is 5.97 Å². The number of esters is 1. The molecule has 0 bridgehead atoms. The number of hydrogen-bond donors (Lipinski definition) is 0. The second kappa shape index (κ2) is 8.20. The smallest absolute Gasteiger partial charge is 0.309 e. The normalized spacial score (nSPS) is 18.8. The average molecular weight is 389 g/mol. The van der Waals surface area contributed by atoms with Crippen LogP contribution in [0.25, 0.3) is 0 Å². The summed E-state index contributed by atoms with van der Waals surface area (Å²) in [6.45, 7) is 6.83. The van der Waals surface area contributed by atoms with Crippen molar-refractivity contribution < 1.29 is 28.6 Å². The second-order valence-corrected chi connectivity index (χ2v) is 7.82. The quantitative estimate of drug-likeness (QED) is 0.720. The third kappa shape index (κ3) is 4.64. The van der Waals surface area contributed by atoms with Gasteiger partial charge in [-0.05, 0) is 45.7 Å². The predicted octanol–water partition coefficient (Wildman–Crippen LogP) is 2.61. The zero-order chi connectivity index (χ0) is 20.3. The van der Waals surface area contributed by atoms with Gasteiger partial charge in [-0.3, -0.25) is 14.4 Å². The first-order valence-electron chi connectivity index (χ1n) is 9.72. The number of piperidine rings is 1. The highest BCUT2D eigenvalue weighted by Crippen LogP contribution is 2.35. The highest BCUT2D eigenvalue weighted by Gasteiger charge is 2.33. The molecule has 1 saturated heterocycles. The van der Waals surface area contributed by atoms with Crippen LogP contribution in [0.4, 0.5) is 0 Å². The van der Waals surface area contributed by atoms with Gasteiger partial charge in [-0.1, -0.05) is 0 Å². The van der Waals surface area contributed by atoms with E-state index in [9.17, 15) is 14.4 Å². The van der Waals surface area contributed by atoms with E-state index in [2.05, 4.69) is 0 Å². The Labute approximate surface area is 164 Å². The van der Waals surface area contributed by atoms with E-state index in [1.807, 2.05) is 13.8 Å². The monoisotopic (exact) mass is 389 g/mol. The summed E-state index contributed by atoms with van der Waals surface area (Å²) in [5, 5.41) is 0. The van der Waals surface area contributed by atoms with Gasteiger partial charge in [0, 0.05) is 19.2 Å². The first-order chi connectivity index (χ1) is 13.3. The summed E-state index contributed by atoms with van der Waals surface area (Å²) < 4.78 is 16.5. The molecule has 0 spiro atoms. The molecule has 3 rings (SSSR count). The summed E-state index contributed by atoms with van der Waals surface area (Å²) in [4.78, 5) is 38.1. The molecule has 1 aromatic rings. The summed E-state index contributed by atoms with van der Waals surface area (Å²) in [5.41, 5.74) is -0.0130. The molecule has 0 aliphatic carbocycles. The summed E-state index contributed by atoms with van der Waals surface area (Å²) in [6, 6.07) is 5.02. The zero-order valence-electron chi connectivity index (χ0n) is 16.7. The van der Waals surface area contributed by atoms with Crippen LogP contribution in [0.3, 0.4) is 0 Å². The fraction of sp³-hybridized carbons (Fsp3) is 0.571. The van der Waals surface area contributed by atoms with Gasteiger partial charge in [0.2, 0.25) is 0 Å². The number of carbonyl (C=O) groups is 3. The zero-order valence-corrected chi connectivity index (χ0v) is 16.7. The Morgan fingerprint density at radius 1 is 1.25 bits per heavy atom. The number of ketones is 1. The largest absolute Gasteiger partial charge is 0.486 e. The third-order valence-corrected chi connectivity index (χ3v) is 5.06. The maximum Gasteiger partial charge on any atom is 0.309 e. The highest BCUT2D eigenvalue weighted by molar-refractivity contribution is 6.00. The topological polar surface area (TPSA) is 82.1 Å². The van der Waals surface area contributed by atoms with Crippen molar-refractivity contribution in [2.75, 3.05) is 26.3 Å². The maximum absolute atomic E-state index is 12.4. The molecule has 1 amide bonds. The van der Waals surface area contributed by atoms with Crippen molar-refractivity contribution in [1.82, 2.24) is 4.90 Å². The van der Waals surface area contributed by atoms with Crippen LogP contribution >= 0.6 is 0 Å². The number of nitrogens with zero attached hydrogens (tertiary/aromatic N) is 1. The minimum Gasteiger partial charge on any atom is -0.486 e. The lowest BCUT2D eigenvalue weighted by Gasteiger charge is -2.32. The molecule has 28 heavy (non-hydrogen) atoms. The van der Waals surface area contributed by atoms with E-state index in [0.717, 1.165) is 0 Å². The number of fused-ring (bicyclic) bond motifs is 1. The minimum atomic E-state index is -0.554. The van der Waals surface area contributed by atoms with Gasteiger partial charge in [0.05, 0.1) is 24.5 Å². The minimum absolute atomic E-state index is 0.0401. The van der Waals surface area contributed by atoms with Crippen molar-refractivity contribution in [3.63, 3.8) is 0 Å². The van der Waals surface area contributed by atoms with Gasteiger partial charge in [0.1, 0.15) is 17.1 Å². The lowest BCUT2D eigenvalue weighted by molar-refractivity contribution is -0.151. The van der Waals surface area contributed by atoms with Crippen LogP contribution in [0.2, 0.25) is 0 Å². The van der Waals surface area contributed by atoms with Crippen molar-refractivity contribution in [1.29, 1.82) is 0 Å². The Morgan fingerprint density at radius 2 is 1.96 bits per heavy atom. The van der Waals surface area contributed by atoms with Gasteiger partial charge in [0.25, 0.3) is 5.91 Å². The van der Waals surface area contributed by atoms with Crippen LogP contribution in [0, 0.1) is 5.92 Å². The van der Waals surface area contributed by atoms with Gasteiger partial charge in [-0.15, -0.1) is 0 Å². The number of ether oxygens (including phenoxy) is 3. The predicted molar refractivity (Wildman–Crippen MR) is 102 cm³/mol. The van der Waals surface area contributed by atoms with E-state index in [1.165, 1.54) is 0 Å². The number of amides is 1. The van der Waals surface area contributed by atoms with Gasteiger partial charge in [0.15, 0.2) is 12.4 Å². The summed E-state index contributed by atoms with van der Waals surface area (Å²) in [6.07, 6.45) is 1.54. The van der Waals surface area contributed by atoms with Crippen LogP contribution in [-0.4, -0.2) is 54.5 Å². The fourth-order valence-corrected chi connectivity index (χ4v) is 3.58. The Morgan fingerprint density at radius 3 is 2.64 bits per heavy atom. The van der Waals surface area contributed by atoms with E-state index < -0.39 is 5.60 Å². The fourth-order valence-electron chi connectivity index (χ4n) is 3.58. The number of hydrogen-bond acceptors (Lipinski definition) is 6. The first-order valence-corrected chi connectivity index (χ1v) is 9.72. The number of carbonyl (C=O) groups excluding carboxylic acids is 3. The molecule has 0 radical (unpaired) electrons. The molecule has 0 saturated carbocycles. The summed E-state index contributed by atoms with van der Waals surface area (Å²) >= 11 is 0. The standard InChI is InChI=1S/C21H27NO6/c1-4-26-20(25)14-7-9-22(10-8-14)19(24)13-27-15-5-6-16-17(23)12-21(2,3)28-18(16)11-15/h5-6,11,14H,4,7-10,12-13H2,1-3H3. The van der Waals surface area contributed by atoms with Crippen LogP contribution in [0.5, 0.6) is 11.5 Å². The third-order valence-electron chi connectivity index (χ3n) is 5.06. The summed E-state index contributed by atoms with van der Waals surface area (Å²) in [5.74, 6) is 0.567. The van der Waals surface area contributed by atoms with Gasteiger partial charge in [-0.25, -0.2) is 0 Å². The van der Waals surface area contributed by atoms with Crippen molar-refractivity contribution in [3.8, 4) is 11.5 Å². The van der Waals surface area contributed by atoms with Crippen molar-refractivity contribution in [3.05, 3.63) is 23.8 Å². The molecular formula is C21H27NO6. The van der Waals surface area contributed by atoms with E-state index in [4.69, 9.17) is 14.2 Å². The number of rotatable bonds is 5. The van der Waals surface area contributed by atoms with E-state index in [1.54, 1.807) is 30.0 Å². The SMILES string of the molecule is CCOC(=O)C1CCN(C(=O)COc2ccc3c(c2)OC(C)(C)CC3=O)CC1. The lowest BCUT2D eigenvalue weighted by atomic mass is 9.93. The molecule has 2 heterocycles. The number of benzene rings is 1. The van der Waals surface area contributed by atoms with Crippen LogP contribution in [-0.2, 0) is 14.3 Å². The molecule has 2 aliphatic heterocycles. The Balaban J connectivity index is 1.53. The summed E-state index contributed by atoms with van der Waals surface area (Å²) in [7, 11) is 0. The maximum atomic E-state index is 12.4. The molecule has 2 aliphatic rings. The van der Waals surface area contributed by atoms with Crippen LogP contribution in [0.15, 0.2) is 18.2 Å². The Bertz CT molecular complexity index is 764. The van der Waals surface area contributed by atoms with Gasteiger partial charge in [-0.2, -0.15) is 0 Å². The van der Waals surface area contributed by atoms with Crippen LogP contribution < -0.4 is 9.47 Å². The molecule has 1 aromatic carbocycles. The van der Waals surface area contributed by atoms with E-state index >= 15 is 0 Å². The molecule has 1 fully saturated rings. The first kappa shape index (κ1) is 20.2. The van der Waals surface area contributed by atoms with Gasteiger partial charge < -0.3 is 19.1 Å². The highest BCUT2D eigenvalue weighted by atomic mass is 16.5. The molecule has 0 atom stereocenters. The average Bonchev–Trinajstić information content (AvgIpc) is 2.65. The molecule has 0 aromatic heterocycles. The number of likely N-dealkylation sites (tertiary alicyclic amines) is 1. The van der Waals surface area contributed by atoms with E-state index in [-0.39, 0.29) is 30.2 Å². The van der Waals surface area contributed by atoms with Crippen molar-refractivity contribution in [2.24, 2.45) is 5.92 Å². The van der Waals surface area contributed by atoms with Crippen molar-refractivity contribution in [2.45, 2.75) is 45.6 Å². The molecule has 7 nitrogen and oxygen atoms in total. The molecule has 0 N–H and O–H groups in total. The lowest BCUT2D eigenvalue weighted by Crippen LogP contribution is -2.42. The second-order valence-electron chi connectivity index (χ2n) is 7.82.